The molecule has 3 aromatic rings. The van der Waals surface area contributed by atoms with Gasteiger partial charge in [0, 0.05) is 31.2 Å². The molecule has 1 fully saturated rings. The molecule has 2 N–H and O–H groups in total. The number of hydrogen-bond donors (Lipinski definition) is 2. The summed E-state index contributed by atoms with van der Waals surface area (Å²) >= 11 is 6.37. The number of hydrogen-bond acceptors (Lipinski definition) is 7. The molecule has 39 heavy (non-hydrogen) atoms. The van der Waals surface area contributed by atoms with E-state index < -0.39 is 34.7 Å². The van der Waals surface area contributed by atoms with Gasteiger partial charge >= 0.3 is 17.8 Å². The summed E-state index contributed by atoms with van der Waals surface area (Å²) in [7, 11) is 2.63. The minimum atomic E-state index is -0.762. The van der Waals surface area contributed by atoms with E-state index >= 15 is 0 Å². The van der Waals surface area contributed by atoms with Crippen molar-refractivity contribution in [1.82, 2.24) is 19.4 Å². The number of H-pyrrole nitrogens is 1. The molecular weight excluding hydrogens is 533 g/mol. The van der Waals surface area contributed by atoms with E-state index in [4.69, 9.17) is 21.1 Å². The number of carbonyl (C=O) groups excluding carboxylic acids is 2. The summed E-state index contributed by atoms with van der Waals surface area (Å²) in [6, 6.07) is 3.52. The van der Waals surface area contributed by atoms with E-state index in [2.05, 4.69) is 10.3 Å². The summed E-state index contributed by atoms with van der Waals surface area (Å²) in [5.74, 6) is -0.997. The van der Waals surface area contributed by atoms with Gasteiger partial charge in [0.1, 0.15) is 28.3 Å². The van der Waals surface area contributed by atoms with Crippen molar-refractivity contribution in [3.63, 3.8) is 0 Å². The van der Waals surface area contributed by atoms with Gasteiger partial charge in [-0.15, -0.1) is 0 Å². The highest BCUT2D eigenvalue weighted by Crippen LogP contribution is 2.35. The van der Waals surface area contributed by atoms with Crippen molar-refractivity contribution >= 4 is 40.5 Å². The molecule has 3 heterocycles. The fourth-order valence-corrected chi connectivity index (χ4v) is 5.04. The Morgan fingerprint density at radius 3 is 2.62 bits per heavy atom. The summed E-state index contributed by atoms with van der Waals surface area (Å²) in [5.41, 5.74) is -1.66. The van der Waals surface area contributed by atoms with Crippen LogP contribution < -0.4 is 21.5 Å². The number of nitrogens with zero attached hydrogens (tertiary/aromatic N) is 3. The number of amides is 1. The standard InChI is InChI=1S/C26H31ClFN5O6/c1-26(2,3)39-25(37)29-16-7-6-10-32(13-16)22-18(23(35)38-5)19-20(21(34)30-24(36)31(19)4)33(22)12-14-11-15(28)8-9-17(14)27/h8-9,11,16H,6-7,10,12-13H2,1-5H3,(H,29,37)(H,30,34,36)/t16-/m1/s1. The highest BCUT2D eigenvalue weighted by Gasteiger charge is 2.34. The summed E-state index contributed by atoms with van der Waals surface area (Å²) in [6.45, 7) is 5.94. The molecule has 1 aliphatic rings. The van der Waals surface area contributed by atoms with Gasteiger partial charge in [-0.25, -0.2) is 18.8 Å². The number of carbonyl (C=O) groups is 2. The highest BCUT2D eigenvalue weighted by molar-refractivity contribution is 6.31. The van der Waals surface area contributed by atoms with Gasteiger partial charge in [0.2, 0.25) is 0 Å². The van der Waals surface area contributed by atoms with Gasteiger partial charge in [0.25, 0.3) is 5.56 Å². The largest absolute Gasteiger partial charge is 0.465 e. The Hall–Kier alpha value is -3.80. The fourth-order valence-electron chi connectivity index (χ4n) is 4.86. The zero-order chi connectivity index (χ0) is 28.6. The minimum Gasteiger partial charge on any atom is -0.465 e. The molecule has 1 aliphatic heterocycles. The van der Waals surface area contributed by atoms with Gasteiger partial charge in [0.05, 0.1) is 19.2 Å². The molecule has 4 rings (SSSR count). The summed E-state index contributed by atoms with van der Waals surface area (Å²) in [4.78, 5) is 55.5. The summed E-state index contributed by atoms with van der Waals surface area (Å²) in [6.07, 6.45) is 0.713. The van der Waals surface area contributed by atoms with E-state index in [-0.39, 0.29) is 40.8 Å². The van der Waals surface area contributed by atoms with Crippen LogP contribution >= 0.6 is 11.6 Å². The monoisotopic (exact) mass is 563 g/mol. The maximum Gasteiger partial charge on any atom is 0.407 e. The number of aromatic nitrogens is 3. The number of benzene rings is 1. The molecule has 0 radical (unpaired) electrons. The number of aromatic amines is 1. The number of anilines is 1. The van der Waals surface area contributed by atoms with E-state index in [1.807, 2.05) is 4.90 Å². The number of piperidine rings is 1. The van der Waals surface area contributed by atoms with Gasteiger partial charge in [-0.05, 0) is 57.4 Å². The number of aryl methyl sites for hydroxylation is 1. The zero-order valence-electron chi connectivity index (χ0n) is 22.4. The Morgan fingerprint density at radius 1 is 1.23 bits per heavy atom. The molecule has 1 aromatic carbocycles. The van der Waals surface area contributed by atoms with Crippen LogP contribution in [0.5, 0.6) is 0 Å². The summed E-state index contributed by atoms with van der Waals surface area (Å²) in [5, 5.41) is 3.12. The van der Waals surface area contributed by atoms with E-state index in [0.29, 0.717) is 30.8 Å². The SMILES string of the molecule is COC(=O)c1c(N2CCC[C@@H](NC(=O)OC(C)(C)C)C2)n(Cc2cc(F)ccc2Cl)c2c(=O)[nH]c(=O)n(C)c12. The van der Waals surface area contributed by atoms with Gasteiger partial charge in [-0.3, -0.25) is 14.3 Å². The van der Waals surface area contributed by atoms with Crippen molar-refractivity contribution in [2.24, 2.45) is 7.05 Å². The average molecular weight is 564 g/mol. The lowest BCUT2D eigenvalue weighted by Crippen LogP contribution is -2.49. The lowest BCUT2D eigenvalue weighted by molar-refractivity contribution is 0.0498. The van der Waals surface area contributed by atoms with Crippen molar-refractivity contribution in [1.29, 1.82) is 0 Å². The molecule has 0 aliphatic carbocycles. The molecule has 13 heteroatoms. The molecule has 1 atom stereocenters. The average Bonchev–Trinajstić information content (AvgIpc) is 3.18. The first kappa shape index (κ1) is 28.2. The van der Waals surface area contributed by atoms with Gasteiger partial charge < -0.3 is 24.3 Å². The Kier molecular flexibility index (Phi) is 7.78. The number of nitrogens with one attached hydrogen (secondary N) is 2. The molecule has 2 aromatic heterocycles. The second kappa shape index (κ2) is 10.8. The second-order valence-electron chi connectivity index (χ2n) is 10.5. The third kappa shape index (κ3) is 5.80. The van der Waals surface area contributed by atoms with Crippen molar-refractivity contribution in [3.8, 4) is 0 Å². The minimum absolute atomic E-state index is 0.00337. The normalized spacial score (nSPS) is 15.9. The van der Waals surface area contributed by atoms with Gasteiger partial charge in [0.15, 0.2) is 0 Å². The Labute approximate surface area is 228 Å². The van der Waals surface area contributed by atoms with Crippen LogP contribution in [0, 0.1) is 5.82 Å². The Bertz CT molecular complexity index is 1550. The number of rotatable bonds is 5. The third-order valence-electron chi connectivity index (χ3n) is 6.45. The van der Waals surface area contributed by atoms with Crippen LogP contribution in [0.2, 0.25) is 5.02 Å². The quantitative estimate of drug-likeness (QED) is 0.456. The van der Waals surface area contributed by atoms with Gasteiger partial charge in [-0.2, -0.15) is 0 Å². The van der Waals surface area contributed by atoms with Crippen LogP contribution in [0.3, 0.4) is 0 Å². The van der Waals surface area contributed by atoms with E-state index in [9.17, 15) is 23.6 Å². The van der Waals surface area contributed by atoms with Gasteiger partial charge in [-0.1, -0.05) is 11.6 Å². The van der Waals surface area contributed by atoms with Crippen molar-refractivity contribution < 1.29 is 23.5 Å². The zero-order valence-corrected chi connectivity index (χ0v) is 23.1. The molecule has 1 amide bonds. The molecular formula is C26H31ClFN5O6. The molecule has 11 nitrogen and oxygen atoms in total. The Morgan fingerprint density at radius 2 is 1.95 bits per heavy atom. The van der Waals surface area contributed by atoms with Crippen LogP contribution in [0.15, 0.2) is 27.8 Å². The van der Waals surface area contributed by atoms with Crippen LogP contribution in [0.4, 0.5) is 15.0 Å². The number of esters is 1. The predicted molar refractivity (Wildman–Crippen MR) is 144 cm³/mol. The molecule has 0 spiro atoms. The molecule has 0 bridgehead atoms. The van der Waals surface area contributed by atoms with E-state index in [0.717, 1.165) is 4.57 Å². The predicted octanol–water partition coefficient (Wildman–Crippen LogP) is 3.15. The van der Waals surface area contributed by atoms with Crippen molar-refractivity contribution in [2.75, 3.05) is 25.1 Å². The first-order valence-electron chi connectivity index (χ1n) is 12.4. The van der Waals surface area contributed by atoms with Crippen LogP contribution in [-0.2, 0) is 23.1 Å². The van der Waals surface area contributed by atoms with Crippen molar-refractivity contribution in [3.05, 3.63) is 61.0 Å². The lowest BCUT2D eigenvalue weighted by atomic mass is 10.1. The van der Waals surface area contributed by atoms with Crippen LogP contribution in [0.1, 0.15) is 49.5 Å². The maximum atomic E-state index is 14.2. The Balaban J connectivity index is 1.91. The molecule has 1 saturated heterocycles. The maximum absolute atomic E-state index is 14.2. The molecule has 210 valence electrons. The third-order valence-corrected chi connectivity index (χ3v) is 6.82. The fraction of sp³-hybridized carbons (Fsp3) is 0.462. The number of fused-ring (bicyclic) bond motifs is 1. The van der Waals surface area contributed by atoms with Crippen LogP contribution in [-0.4, -0.2) is 58.0 Å². The number of halogens is 2. The van der Waals surface area contributed by atoms with Crippen LogP contribution in [0.25, 0.3) is 11.0 Å². The second-order valence-corrected chi connectivity index (χ2v) is 10.9. The summed E-state index contributed by atoms with van der Waals surface area (Å²) < 4.78 is 27.4. The van der Waals surface area contributed by atoms with E-state index in [1.165, 1.54) is 36.9 Å². The smallest absolute Gasteiger partial charge is 0.407 e. The number of methoxy groups -OCH3 is 1. The highest BCUT2D eigenvalue weighted by atomic mass is 35.5. The lowest BCUT2D eigenvalue weighted by Gasteiger charge is -2.36. The first-order valence-corrected chi connectivity index (χ1v) is 12.8. The number of ether oxygens (including phenoxy) is 2. The molecule has 0 saturated carbocycles. The topological polar surface area (TPSA) is 128 Å². The number of alkyl carbamates (subject to hydrolysis) is 1. The van der Waals surface area contributed by atoms with Crippen molar-refractivity contribution in [2.45, 2.75) is 51.8 Å². The first-order chi connectivity index (χ1) is 18.3. The molecule has 0 unspecified atom stereocenters. The van der Waals surface area contributed by atoms with E-state index in [1.54, 1.807) is 20.8 Å².